The second-order valence-electron chi connectivity index (χ2n) is 7.53. The van der Waals surface area contributed by atoms with Crippen molar-refractivity contribution in [2.45, 2.75) is 19.5 Å². The summed E-state index contributed by atoms with van der Waals surface area (Å²) in [5.41, 5.74) is 4.46. The number of benzene rings is 2. The van der Waals surface area contributed by atoms with Crippen LogP contribution in [0.4, 0.5) is 33.3 Å². The maximum atomic E-state index is 14.1. The fourth-order valence-electron chi connectivity index (χ4n) is 3.24. The Morgan fingerprint density at radius 2 is 1.92 bits per heavy atom. The van der Waals surface area contributed by atoms with Crippen LogP contribution in [0, 0.1) is 16.5 Å². The molecule has 188 valence electrons. The molecule has 0 fully saturated rings. The molecule has 2 aromatic carbocycles. The average Bonchev–Trinajstić information content (AvgIpc) is 3.25. The van der Waals surface area contributed by atoms with Crippen LogP contribution in [-0.4, -0.2) is 22.4 Å². The van der Waals surface area contributed by atoms with E-state index < -0.39 is 40.5 Å². The zero-order valence-electron chi connectivity index (χ0n) is 18.8. The number of nitroso groups, excluding NO2 is 1. The normalized spacial score (nSPS) is 11.1. The number of aromatic amines is 1. The number of halogens is 5. The summed E-state index contributed by atoms with van der Waals surface area (Å²) in [5, 5.41) is 5.34. The van der Waals surface area contributed by atoms with Crippen molar-refractivity contribution in [3.8, 4) is 11.1 Å². The molecule has 0 spiro atoms. The van der Waals surface area contributed by atoms with Crippen molar-refractivity contribution in [2.75, 3.05) is 17.6 Å². The van der Waals surface area contributed by atoms with E-state index in [9.17, 15) is 26.7 Å². The number of pyridine rings is 1. The average molecular weight is 505 g/mol. The van der Waals surface area contributed by atoms with E-state index in [1.165, 1.54) is 30.6 Å². The Kier molecular flexibility index (Phi) is 7.97. The van der Waals surface area contributed by atoms with Gasteiger partial charge in [-0.1, -0.05) is 24.2 Å². The summed E-state index contributed by atoms with van der Waals surface area (Å²) in [5.74, 6) is -3.37. The molecule has 4 N–H and O–H groups in total. The molecule has 12 heteroatoms. The Morgan fingerprint density at radius 3 is 2.56 bits per heavy atom. The standard InChI is InChI=1S/C21H13F5N4O.C3H7NO/c22-15-4-5-16(27)18(23)17(15)20(31)30-12-7-13-14(9-29-19(13)28-8-12)10-2-1-3-11(6-10)21(24,25)26;1-2-3-4-5/h1-9H,27H2,(H,28,29)(H,30,31);2-3H2,1H3. The van der Waals surface area contributed by atoms with Gasteiger partial charge >= 0.3 is 6.18 Å². The van der Waals surface area contributed by atoms with Crippen molar-refractivity contribution >= 4 is 28.3 Å². The molecule has 0 radical (unpaired) electrons. The van der Waals surface area contributed by atoms with Crippen molar-refractivity contribution in [2.24, 2.45) is 5.18 Å². The van der Waals surface area contributed by atoms with E-state index >= 15 is 0 Å². The van der Waals surface area contributed by atoms with Gasteiger partial charge in [-0.3, -0.25) is 4.79 Å². The number of nitrogens with two attached hydrogens (primary N) is 1. The highest BCUT2D eigenvalue weighted by Gasteiger charge is 2.30. The number of nitrogens with zero attached hydrogens (tertiary/aromatic N) is 2. The van der Waals surface area contributed by atoms with Crippen LogP contribution in [0.25, 0.3) is 22.2 Å². The lowest BCUT2D eigenvalue weighted by molar-refractivity contribution is -0.137. The van der Waals surface area contributed by atoms with Crippen LogP contribution in [0.2, 0.25) is 0 Å². The van der Waals surface area contributed by atoms with E-state index in [2.05, 4.69) is 20.5 Å². The molecule has 0 saturated heterocycles. The third-order valence-electron chi connectivity index (χ3n) is 4.95. The van der Waals surface area contributed by atoms with Crippen LogP contribution >= 0.6 is 0 Å². The van der Waals surface area contributed by atoms with Crippen LogP contribution in [0.15, 0.2) is 60.0 Å². The number of anilines is 2. The Morgan fingerprint density at radius 1 is 1.17 bits per heavy atom. The van der Waals surface area contributed by atoms with Gasteiger partial charge in [0.15, 0.2) is 5.82 Å². The molecule has 0 aliphatic rings. The van der Waals surface area contributed by atoms with Crippen molar-refractivity contribution in [1.29, 1.82) is 0 Å². The smallest absolute Gasteiger partial charge is 0.396 e. The number of alkyl halides is 3. The van der Waals surface area contributed by atoms with E-state index in [1.54, 1.807) is 0 Å². The molecule has 0 aliphatic heterocycles. The third-order valence-corrected chi connectivity index (χ3v) is 4.95. The minimum atomic E-state index is -4.51. The molecular formula is C24H20F5N5O2. The molecule has 0 unspecified atom stereocenters. The van der Waals surface area contributed by atoms with Gasteiger partial charge in [0, 0.05) is 17.1 Å². The Labute approximate surface area is 201 Å². The number of nitrogen functional groups attached to an aromatic ring is 1. The molecule has 1 amide bonds. The van der Waals surface area contributed by atoms with Crippen LogP contribution in [0.5, 0.6) is 0 Å². The molecule has 0 atom stereocenters. The summed E-state index contributed by atoms with van der Waals surface area (Å²) >= 11 is 0. The summed E-state index contributed by atoms with van der Waals surface area (Å²) in [7, 11) is 0. The monoisotopic (exact) mass is 505 g/mol. The van der Waals surface area contributed by atoms with Crippen molar-refractivity contribution in [3.05, 3.63) is 82.5 Å². The lowest BCUT2D eigenvalue weighted by Crippen LogP contribution is -2.17. The lowest BCUT2D eigenvalue weighted by Gasteiger charge is -2.10. The van der Waals surface area contributed by atoms with Crippen LogP contribution < -0.4 is 11.1 Å². The van der Waals surface area contributed by atoms with Gasteiger partial charge in [0.2, 0.25) is 0 Å². The first kappa shape index (κ1) is 26.3. The quantitative estimate of drug-likeness (QED) is 0.163. The summed E-state index contributed by atoms with van der Waals surface area (Å²) in [6.07, 6.45) is -0.917. The van der Waals surface area contributed by atoms with Crippen molar-refractivity contribution < 1.29 is 26.7 Å². The summed E-state index contributed by atoms with van der Waals surface area (Å²) in [6, 6.07) is 8.03. The van der Waals surface area contributed by atoms with Gasteiger partial charge in [-0.2, -0.15) is 18.1 Å². The Balaban J connectivity index is 0.000000658. The second-order valence-corrected chi connectivity index (χ2v) is 7.53. The zero-order chi connectivity index (χ0) is 26.5. The van der Waals surface area contributed by atoms with Gasteiger partial charge in [-0.15, -0.1) is 0 Å². The number of nitrogens with one attached hydrogen (secondary N) is 2. The van der Waals surface area contributed by atoms with Gasteiger partial charge in [-0.05, 0) is 42.3 Å². The summed E-state index contributed by atoms with van der Waals surface area (Å²) < 4.78 is 67.2. The van der Waals surface area contributed by atoms with Crippen LogP contribution in [0.3, 0.4) is 0 Å². The predicted molar refractivity (Wildman–Crippen MR) is 126 cm³/mol. The topological polar surface area (TPSA) is 113 Å². The van der Waals surface area contributed by atoms with E-state index in [0.29, 0.717) is 23.1 Å². The molecule has 2 aromatic heterocycles. The molecular weight excluding hydrogens is 485 g/mol. The van der Waals surface area contributed by atoms with Gasteiger partial charge in [-0.25, -0.2) is 13.8 Å². The second kappa shape index (κ2) is 10.9. The molecule has 7 nitrogen and oxygen atoms in total. The van der Waals surface area contributed by atoms with Gasteiger partial charge in [0.05, 0.1) is 29.7 Å². The maximum absolute atomic E-state index is 14.1. The molecule has 0 bridgehead atoms. The van der Waals surface area contributed by atoms with E-state index in [0.717, 1.165) is 30.7 Å². The van der Waals surface area contributed by atoms with Crippen molar-refractivity contribution in [1.82, 2.24) is 9.97 Å². The molecule has 0 aliphatic carbocycles. The number of amides is 1. The fourth-order valence-corrected chi connectivity index (χ4v) is 3.24. The number of hydrogen-bond acceptors (Lipinski definition) is 5. The van der Waals surface area contributed by atoms with Crippen molar-refractivity contribution in [3.63, 3.8) is 0 Å². The minimum Gasteiger partial charge on any atom is -0.396 e. The molecule has 4 aromatic rings. The third kappa shape index (κ3) is 5.82. The highest BCUT2D eigenvalue weighted by molar-refractivity contribution is 6.06. The molecule has 4 rings (SSSR count). The summed E-state index contributed by atoms with van der Waals surface area (Å²) in [4.78, 5) is 28.5. The molecule has 0 saturated carbocycles. The Bertz CT molecular complexity index is 1400. The van der Waals surface area contributed by atoms with Gasteiger partial charge in [0.25, 0.3) is 5.91 Å². The Hall–Kier alpha value is -4.35. The minimum absolute atomic E-state index is 0.0894. The first-order valence-electron chi connectivity index (χ1n) is 10.6. The van der Waals surface area contributed by atoms with Crippen LogP contribution in [-0.2, 0) is 6.18 Å². The van der Waals surface area contributed by atoms with E-state index in [-0.39, 0.29) is 11.3 Å². The molecule has 2 heterocycles. The van der Waals surface area contributed by atoms with E-state index in [1.807, 2.05) is 6.92 Å². The highest BCUT2D eigenvalue weighted by atomic mass is 19.4. The van der Waals surface area contributed by atoms with Gasteiger partial charge < -0.3 is 16.0 Å². The van der Waals surface area contributed by atoms with E-state index in [4.69, 9.17) is 10.6 Å². The summed E-state index contributed by atoms with van der Waals surface area (Å²) in [6.45, 7) is 2.38. The number of rotatable bonds is 5. The maximum Gasteiger partial charge on any atom is 0.416 e. The SMILES string of the molecule is CCCN=O.Nc1ccc(F)c(C(=O)Nc2cnc3[nH]cc(-c4cccc(C(F)(F)F)c4)c3c2)c1F. The number of hydrogen-bond donors (Lipinski definition) is 3. The largest absolute Gasteiger partial charge is 0.416 e. The number of H-pyrrole nitrogens is 1. The molecule has 36 heavy (non-hydrogen) atoms. The first-order valence-corrected chi connectivity index (χ1v) is 10.6. The zero-order valence-corrected chi connectivity index (χ0v) is 18.8. The first-order chi connectivity index (χ1) is 17.1. The number of fused-ring (bicyclic) bond motifs is 1. The number of carbonyl (C=O) groups excluding carboxylic acids is 1. The number of carbonyl (C=O) groups is 1. The van der Waals surface area contributed by atoms with Gasteiger partial charge in [0.1, 0.15) is 17.0 Å². The lowest BCUT2D eigenvalue weighted by atomic mass is 10.0. The predicted octanol–water partition coefficient (Wildman–Crippen LogP) is 6.52. The number of aromatic nitrogens is 2. The highest BCUT2D eigenvalue weighted by Crippen LogP contribution is 2.35. The van der Waals surface area contributed by atoms with Crippen LogP contribution in [0.1, 0.15) is 29.3 Å². The fraction of sp³-hybridized carbons (Fsp3) is 0.167.